The molecular weight excluding hydrogens is 334 g/mol. The number of H-pyrrole nitrogens is 1. The van der Waals surface area contributed by atoms with E-state index in [0.29, 0.717) is 5.69 Å². The monoisotopic (exact) mass is 353 g/mol. The highest BCUT2D eigenvalue weighted by Crippen LogP contribution is 2.26. The molecule has 1 aromatic heterocycles. The minimum Gasteiger partial charge on any atom is -0.345 e. The highest BCUT2D eigenvalue weighted by atomic mass is 32.2. The number of aromatic amines is 1. The second-order valence-electron chi connectivity index (χ2n) is 5.52. The van der Waals surface area contributed by atoms with Gasteiger partial charge in [-0.05, 0) is 36.3 Å². The van der Waals surface area contributed by atoms with Crippen LogP contribution < -0.4 is 4.72 Å². The Kier molecular flexibility index (Phi) is 5.00. The van der Waals surface area contributed by atoms with Crippen LogP contribution in [0.5, 0.6) is 0 Å². The van der Waals surface area contributed by atoms with Gasteiger partial charge in [0.15, 0.2) is 0 Å². The second-order valence-corrected chi connectivity index (χ2v) is 7.53. The van der Waals surface area contributed by atoms with Crippen LogP contribution in [0, 0.1) is 0 Å². The van der Waals surface area contributed by atoms with Gasteiger partial charge in [-0.1, -0.05) is 42.5 Å². The molecule has 0 radical (unpaired) electrons. The number of anilines is 1. The average Bonchev–Trinajstić information content (AvgIpc) is 3.15. The van der Waals surface area contributed by atoms with Gasteiger partial charge in [0.2, 0.25) is 10.0 Å². The van der Waals surface area contributed by atoms with Crippen molar-refractivity contribution in [2.24, 2.45) is 0 Å². The topological polar surface area (TPSA) is 74.8 Å². The van der Waals surface area contributed by atoms with Crippen LogP contribution in [-0.4, -0.2) is 24.1 Å². The number of nitrogens with zero attached hydrogens (tertiary/aromatic N) is 1. The number of hydrogen-bond donors (Lipinski definition) is 2. The summed E-state index contributed by atoms with van der Waals surface area (Å²) in [6, 6.07) is 17.3. The van der Waals surface area contributed by atoms with Gasteiger partial charge in [0.1, 0.15) is 0 Å². The molecule has 0 fully saturated rings. The Morgan fingerprint density at radius 2 is 1.96 bits per heavy atom. The first kappa shape index (κ1) is 17.0. The quantitative estimate of drug-likeness (QED) is 0.663. The van der Waals surface area contributed by atoms with Crippen molar-refractivity contribution in [2.75, 3.05) is 10.5 Å². The molecule has 0 atom stereocenters. The fourth-order valence-electron chi connectivity index (χ4n) is 2.44. The van der Waals surface area contributed by atoms with Gasteiger partial charge in [-0.15, -0.1) is 0 Å². The summed E-state index contributed by atoms with van der Waals surface area (Å²) in [6.45, 7) is 1.61. The lowest BCUT2D eigenvalue weighted by Crippen LogP contribution is -2.14. The van der Waals surface area contributed by atoms with Crippen molar-refractivity contribution >= 4 is 27.4 Å². The predicted molar refractivity (Wildman–Crippen MR) is 102 cm³/mol. The Bertz CT molecular complexity index is 963. The van der Waals surface area contributed by atoms with Crippen molar-refractivity contribution in [3.63, 3.8) is 0 Å². The molecular formula is C19H19N3O2S. The lowest BCUT2D eigenvalue weighted by molar-refractivity contribution is 0.602. The normalized spacial score (nSPS) is 12.1. The zero-order chi connectivity index (χ0) is 17.7. The van der Waals surface area contributed by atoms with Crippen molar-refractivity contribution in [1.29, 1.82) is 0 Å². The summed E-state index contributed by atoms with van der Waals surface area (Å²) in [4.78, 5) is 7.21. The van der Waals surface area contributed by atoms with Crippen molar-refractivity contribution in [3.05, 3.63) is 83.9 Å². The summed E-state index contributed by atoms with van der Waals surface area (Å²) < 4.78 is 26.2. The number of nitrogens with one attached hydrogen (secondary N) is 2. The number of imidazole rings is 1. The van der Waals surface area contributed by atoms with E-state index >= 15 is 0 Å². The van der Waals surface area contributed by atoms with Crippen LogP contribution in [0.1, 0.15) is 23.7 Å². The summed E-state index contributed by atoms with van der Waals surface area (Å²) in [6.07, 6.45) is 5.41. The van der Waals surface area contributed by atoms with Crippen LogP contribution in [0.2, 0.25) is 0 Å². The summed E-state index contributed by atoms with van der Waals surface area (Å²) >= 11 is 0. The number of aromatic nitrogens is 2. The Labute approximate surface area is 147 Å². The smallest absolute Gasteiger partial charge is 0.232 e. The molecule has 0 saturated heterocycles. The summed E-state index contributed by atoms with van der Waals surface area (Å²) in [5.41, 5.74) is 4.27. The van der Waals surface area contributed by atoms with E-state index in [1.54, 1.807) is 25.5 Å². The molecule has 0 amide bonds. The molecule has 128 valence electrons. The van der Waals surface area contributed by atoms with Gasteiger partial charge in [-0.3, -0.25) is 4.72 Å². The maximum atomic E-state index is 11.8. The fourth-order valence-corrected chi connectivity index (χ4v) is 3.07. The summed E-state index contributed by atoms with van der Waals surface area (Å²) in [5.74, 6) is 0.0322. The van der Waals surface area contributed by atoms with Crippen LogP contribution in [0.15, 0.2) is 67.1 Å². The minimum absolute atomic E-state index is 0.0322. The fraction of sp³-hybridized carbons (Fsp3) is 0.105. The molecule has 0 spiro atoms. The van der Waals surface area contributed by atoms with Crippen molar-refractivity contribution in [3.8, 4) is 0 Å². The van der Waals surface area contributed by atoms with E-state index in [1.807, 2.05) is 54.6 Å². The van der Waals surface area contributed by atoms with E-state index < -0.39 is 10.0 Å². The number of benzene rings is 2. The van der Waals surface area contributed by atoms with Crippen LogP contribution in [0.3, 0.4) is 0 Å². The first-order valence-corrected chi connectivity index (χ1v) is 9.59. The molecule has 2 aromatic carbocycles. The van der Waals surface area contributed by atoms with E-state index in [1.165, 1.54) is 0 Å². The van der Waals surface area contributed by atoms with Gasteiger partial charge in [-0.25, -0.2) is 13.4 Å². The molecule has 0 saturated carbocycles. The van der Waals surface area contributed by atoms with Crippen LogP contribution >= 0.6 is 0 Å². The Morgan fingerprint density at radius 3 is 2.64 bits per heavy atom. The molecule has 3 rings (SSSR count). The first-order valence-electron chi connectivity index (χ1n) is 7.94. The SMILES string of the molecule is CCS(=O)(=O)Nc1cccc(C(=Cc2ccccc2)c2cnc[nH]2)c1. The minimum atomic E-state index is -3.32. The van der Waals surface area contributed by atoms with Crippen molar-refractivity contribution < 1.29 is 8.42 Å². The summed E-state index contributed by atoms with van der Waals surface area (Å²) in [5, 5.41) is 0. The predicted octanol–water partition coefficient (Wildman–Crippen LogP) is 3.76. The highest BCUT2D eigenvalue weighted by molar-refractivity contribution is 7.92. The third kappa shape index (κ3) is 4.36. The van der Waals surface area contributed by atoms with Gasteiger partial charge in [0.05, 0.1) is 24.0 Å². The van der Waals surface area contributed by atoms with E-state index in [0.717, 1.165) is 22.4 Å². The van der Waals surface area contributed by atoms with Crippen LogP contribution in [0.25, 0.3) is 11.6 Å². The van der Waals surface area contributed by atoms with Crippen LogP contribution in [-0.2, 0) is 10.0 Å². The average molecular weight is 353 g/mol. The third-order valence-electron chi connectivity index (χ3n) is 3.73. The molecule has 25 heavy (non-hydrogen) atoms. The molecule has 0 bridgehead atoms. The molecule has 0 unspecified atom stereocenters. The highest BCUT2D eigenvalue weighted by Gasteiger charge is 2.11. The molecule has 0 aliphatic carbocycles. The molecule has 6 heteroatoms. The molecule has 0 aliphatic rings. The largest absolute Gasteiger partial charge is 0.345 e. The van der Waals surface area contributed by atoms with Crippen molar-refractivity contribution in [2.45, 2.75) is 6.92 Å². The van der Waals surface area contributed by atoms with E-state index in [2.05, 4.69) is 14.7 Å². The zero-order valence-electron chi connectivity index (χ0n) is 13.8. The lowest BCUT2D eigenvalue weighted by Gasteiger charge is -2.10. The van der Waals surface area contributed by atoms with Gasteiger partial charge in [0.25, 0.3) is 0 Å². The number of rotatable bonds is 6. The number of hydrogen-bond acceptors (Lipinski definition) is 3. The molecule has 3 aromatic rings. The molecule has 2 N–H and O–H groups in total. The van der Waals surface area contributed by atoms with Gasteiger partial charge in [-0.2, -0.15) is 0 Å². The maximum absolute atomic E-state index is 11.8. The first-order chi connectivity index (χ1) is 12.1. The molecule has 0 aliphatic heterocycles. The Hall–Kier alpha value is -2.86. The van der Waals surface area contributed by atoms with E-state index in [-0.39, 0.29) is 5.75 Å². The lowest BCUT2D eigenvalue weighted by atomic mass is 10.00. The standard InChI is InChI=1S/C19H19N3O2S/c1-2-25(23,24)22-17-10-6-9-16(12-17)18(19-13-20-14-21-19)11-15-7-4-3-5-8-15/h3-14,22H,2H2,1H3,(H,20,21). The van der Waals surface area contributed by atoms with Crippen LogP contribution in [0.4, 0.5) is 5.69 Å². The van der Waals surface area contributed by atoms with E-state index in [9.17, 15) is 8.42 Å². The molecule has 1 heterocycles. The van der Waals surface area contributed by atoms with Gasteiger partial charge in [0, 0.05) is 11.3 Å². The molecule has 5 nitrogen and oxygen atoms in total. The zero-order valence-corrected chi connectivity index (χ0v) is 14.6. The van der Waals surface area contributed by atoms with Gasteiger partial charge >= 0.3 is 0 Å². The Morgan fingerprint density at radius 1 is 1.16 bits per heavy atom. The summed E-state index contributed by atoms with van der Waals surface area (Å²) in [7, 11) is -3.32. The van der Waals surface area contributed by atoms with Crippen molar-refractivity contribution in [1.82, 2.24) is 9.97 Å². The third-order valence-corrected chi connectivity index (χ3v) is 5.03. The van der Waals surface area contributed by atoms with Gasteiger partial charge < -0.3 is 4.98 Å². The second kappa shape index (κ2) is 7.36. The van der Waals surface area contributed by atoms with E-state index in [4.69, 9.17) is 0 Å². The maximum Gasteiger partial charge on any atom is 0.232 e. The Balaban J connectivity index is 2.04. The number of sulfonamides is 1.